The first-order chi connectivity index (χ1) is 9.92. The molecule has 8 nitrogen and oxygen atoms in total. The monoisotopic (exact) mass is 307 g/mol. The lowest BCUT2D eigenvalue weighted by molar-refractivity contribution is 0.0963. The smallest absolute Gasteiger partial charge is 0.339 e. The number of nitrogens with one attached hydrogen (secondary N) is 2. The molecule has 1 aromatic heterocycles. The van der Waals surface area contributed by atoms with Crippen LogP contribution in [-0.2, 0) is 7.05 Å². The van der Waals surface area contributed by atoms with Gasteiger partial charge in [0.1, 0.15) is 0 Å². The number of hydrogen-bond donors (Lipinski definition) is 3. The summed E-state index contributed by atoms with van der Waals surface area (Å²) in [6.07, 6.45) is 0. The Morgan fingerprint density at radius 2 is 2.14 bits per heavy atom. The molecule has 0 fully saturated rings. The first kappa shape index (κ1) is 14.9. The van der Waals surface area contributed by atoms with Crippen LogP contribution >= 0.6 is 11.8 Å². The number of anilines is 1. The molecule has 0 atom stereocenters. The average Bonchev–Trinajstić information content (AvgIpc) is 2.46. The van der Waals surface area contributed by atoms with Crippen molar-refractivity contribution in [1.82, 2.24) is 20.1 Å². The molecule has 1 heterocycles. The van der Waals surface area contributed by atoms with E-state index in [1.54, 1.807) is 25.2 Å². The fourth-order valence-electron chi connectivity index (χ4n) is 1.56. The van der Waals surface area contributed by atoms with E-state index in [-0.39, 0.29) is 11.1 Å². The highest BCUT2D eigenvalue weighted by Crippen LogP contribution is 2.30. The van der Waals surface area contributed by atoms with Crippen LogP contribution < -0.4 is 22.2 Å². The standard InChI is InChI=1S/C12H13N5O3S/c1-14-9(18)6-3-4-7(13)8(5-6)21-12-15-10(19)11(20)16-17(12)2/h3-5H,13H2,1-2H3,(H,14,18)(H,16,20). The minimum atomic E-state index is -0.878. The maximum atomic E-state index is 11.6. The van der Waals surface area contributed by atoms with Crippen LogP contribution in [-0.4, -0.2) is 27.7 Å². The molecule has 9 heteroatoms. The fraction of sp³-hybridized carbons (Fsp3) is 0.167. The lowest BCUT2D eigenvalue weighted by Crippen LogP contribution is -2.33. The Hall–Kier alpha value is -2.55. The number of carbonyl (C=O) groups is 1. The number of nitrogens with two attached hydrogens (primary N) is 1. The topological polar surface area (TPSA) is 123 Å². The molecular weight excluding hydrogens is 294 g/mol. The van der Waals surface area contributed by atoms with Gasteiger partial charge < -0.3 is 11.1 Å². The highest BCUT2D eigenvalue weighted by molar-refractivity contribution is 7.99. The second-order valence-corrected chi connectivity index (χ2v) is 5.14. The maximum Gasteiger partial charge on any atom is 0.339 e. The number of hydrogen-bond acceptors (Lipinski definition) is 6. The van der Waals surface area contributed by atoms with Crippen LogP contribution in [0.1, 0.15) is 10.4 Å². The Labute approximate surface area is 123 Å². The molecule has 0 aliphatic heterocycles. The first-order valence-corrected chi connectivity index (χ1v) is 6.71. The number of nitrogen functional groups attached to an aromatic ring is 1. The van der Waals surface area contributed by atoms with Crippen molar-refractivity contribution in [2.24, 2.45) is 7.05 Å². The van der Waals surface area contributed by atoms with Gasteiger partial charge in [0.25, 0.3) is 5.91 Å². The maximum absolute atomic E-state index is 11.6. The van der Waals surface area contributed by atoms with Crippen LogP contribution in [0.25, 0.3) is 0 Å². The molecule has 4 N–H and O–H groups in total. The van der Waals surface area contributed by atoms with Crippen molar-refractivity contribution in [2.75, 3.05) is 12.8 Å². The van der Waals surface area contributed by atoms with Gasteiger partial charge in [-0.05, 0) is 30.0 Å². The Morgan fingerprint density at radius 3 is 2.81 bits per heavy atom. The zero-order valence-corrected chi connectivity index (χ0v) is 12.2. The van der Waals surface area contributed by atoms with E-state index in [9.17, 15) is 14.4 Å². The summed E-state index contributed by atoms with van der Waals surface area (Å²) in [6.45, 7) is 0. The average molecular weight is 307 g/mol. The number of carbonyl (C=O) groups excluding carboxylic acids is 1. The summed E-state index contributed by atoms with van der Waals surface area (Å²) in [5, 5.41) is 5.12. The van der Waals surface area contributed by atoms with Crippen LogP contribution in [0.2, 0.25) is 0 Å². The molecule has 0 aliphatic rings. The normalized spacial score (nSPS) is 10.4. The number of aromatic nitrogens is 3. The number of amides is 1. The molecule has 110 valence electrons. The molecule has 0 unspecified atom stereocenters. The van der Waals surface area contributed by atoms with Crippen molar-refractivity contribution in [3.8, 4) is 0 Å². The van der Waals surface area contributed by atoms with E-state index in [2.05, 4.69) is 15.4 Å². The van der Waals surface area contributed by atoms with E-state index in [1.165, 1.54) is 11.7 Å². The fourth-order valence-corrected chi connectivity index (χ4v) is 2.44. The summed E-state index contributed by atoms with van der Waals surface area (Å²) in [7, 11) is 3.08. The predicted molar refractivity (Wildman–Crippen MR) is 78.5 cm³/mol. The van der Waals surface area contributed by atoms with Crippen molar-refractivity contribution < 1.29 is 4.79 Å². The van der Waals surface area contributed by atoms with Crippen molar-refractivity contribution in [1.29, 1.82) is 0 Å². The third-order valence-corrected chi connectivity index (χ3v) is 3.77. The largest absolute Gasteiger partial charge is 0.398 e. The zero-order valence-electron chi connectivity index (χ0n) is 11.3. The van der Waals surface area contributed by atoms with Gasteiger partial charge >= 0.3 is 11.1 Å². The predicted octanol–water partition coefficient (Wildman–Crippen LogP) is -0.438. The minimum Gasteiger partial charge on any atom is -0.398 e. The molecule has 0 radical (unpaired) electrons. The summed E-state index contributed by atoms with van der Waals surface area (Å²) < 4.78 is 1.32. The number of rotatable bonds is 3. The van der Waals surface area contributed by atoms with E-state index >= 15 is 0 Å². The number of H-pyrrole nitrogens is 1. The van der Waals surface area contributed by atoms with Crippen molar-refractivity contribution in [2.45, 2.75) is 10.1 Å². The zero-order chi connectivity index (χ0) is 15.6. The van der Waals surface area contributed by atoms with Gasteiger partial charge in [0, 0.05) is 30.2 Å². The lowest BCUT2D eigenvalue weighted by Gasteiger charge is -2.09. The summed E-state index contributed by atoms with van der Waals surface area (Å²) in [6, 6.07) is 4.78. The second kappa shape index (κ2) is 5.83. The molecule has 0 bridgehead atoms. The van der Waals surface area contributed by atoms with Gasteiger partial charge in [0.05, 0.1) is 0 Å². The van der Waals surface area contributed by atoms with E-state index in [1.807, 2.05) is 0 Å². The Kier molecular flexibility index (Phi) is 4.13. The van der Waals surface area contributed by atoms with Crippen LogP contribution in [0, 0.1) is 0 Å². The molecule has 1 amide bonds. The van der Waals surface area contributed by atoms with Gasteiger partial charge in [0.15, 0.2) is 5.16 Å². The molecule has 21 heavy (non-hydrogen) atoms. The van der Waals surface area contributed by atoms with Crippen LogP contribution in [0.3, 0.4) is 0 Å². The van der Waals surface area contributed by atoms with Crippen LogP contribution in [0.4, 0.5) is 5.69 Å². The molecule has 1 aromatic carbocycles. The van der Waals surface area contributed by atoms with Gasteiger partial charge in [0.2, 0.25) is 0 Å². The first-order valence-electron chi connectivity index (χ1n) is 5.89. The summed E-state index contributed by atoms with van der Waals surface area (Å²) in [5.41, 5.74) is 5.05. The SMILES string of the molecule is CNC(=O)c1ccc(N)c(Sc2nc(=O)c(=O)[nH]n2C)c1. The third-order valence-electron chi connectivity index (χ3n) is 2.65. The Morgan fingerprint density at radius 1 is 1.43 bits per heavy atom. The highest BCUT2D eigenvalue weighted by Gasteiger charge is 2.11. The molecule has 0 saturated carbocycles. The van der Waals surface area contributed by atoms with E-state index < -0.39 is 11.1 Å². The molecule has 2 aromatic rings. The second-order valence-electron chi connectivity index (χ2n) is 4.13. The molecular formula is C12H13N5O3S. The van der Waals surface area contributed by atoms with Gasteiger partial charge in [-0.3, -0.25) is 24.2 Å². The molecule has 0 saturated heterocycles. The summed E-state index contributed by atoms with van der Waals surface area (Å²) in [5.74, 6) is -0.250. The lowest BCUT2D eigenvalue weighted by atomic mass is 10.2. The Balaban J connectivity index is 2.44. The van der Waals surface area contributed by atoms with Crippen molar-refractivity contribution in [3.05, 3.63) is 44.5 Å². The van der Waals surface area contributed by atoms with Gasteiger partial charge in [-0.2, -0.15) is 4.98 Å². The van der Waals surface area contributed by atoms with Crippen LogP contribution in [0.5, 0.6) is 0 Å². The minimum absolute atomic E-state index is 0.250. The quantitative estimate of drug-likeness (QED) is 0.522. The molecule has 2 rings (SSSR count). The summed E-state index contributed by atoms with van der Waals surface area (Å²) in [4.78, 5) is 38.3. The number of nitrogens with zero attached hydrogens (tertiary/aromatic N) is 2. The van der Waals surface area contributed by atoms with Crippen LogP contribution in [0.15, 0.2) is 37.8 Å². The van der Waals surface area contributed by atoms with Gasteiger partial charge in [-0.15, -0.1) is 0 Å². The molecule has 0 aliphatic carbocycles. The highest BCUT2D eigenvalue weighted by atomic mass is 32.2. The number of aryl methyl sites for hydroxylation is 1. The van der Waals surface area contributed by atoms with E-state index in [4.69, 9.17) is 5.73 Å². The van der Waals surface area contributed by atoms with E-state index in [0.717, 1.165) is 11.8 Å². The van der Waals surface area contributed by atoms with Gasteiger partial charge in [-0.25, -0.2) is 0 Å². The van der Waals surface area contributed by atoms with Gasteiger partial charge in [-0.1, -0.05) is 0 Å². The number of benzene rings is 1. The van der Waals surface area contributed by atoms with Crippen molar-refractivity contribution in [3.63, 3.8) is 0 Å². The summed E-state index contributed by atoms with van der Waals surface area (Å²) >= 11 is 1.08. The number of aromatic amines is 1. The van der Waals surface area contributed by atoms with Crippen molar-refractivity contribution >= 4 is 23.4 Å². The Bertz CT molecular complexity index is 811. The van der Waals surface area contributed by atoms with E-state index in [0.29, 0.717) is 16.1 Å². The third kappa shape index (κ3) is 3.14. The molecule has 0 spiro atoms.